The summed E-state index contributed by atoms with van der Waals surface area (Å²) in [5, 5.41) is 3.33. The quantitative estimate of drug-likeness (QED) is 0.748. The zero-order valence-electron chi connectivity index (χ0n) is 9.48. The molecule has 1 unspecified atom stereocenters. The van der Waals surface area contributed by atoms with Gasteiger partial charge in [-0.05, 0) is 19.4 Å². The second-order valence-electron chi connectivity index (χ2n) is 4.30. The van der Waals surface area contributed by atoms with Crippen LogP contribution in [-0.2, 0) is 13.6 Å². The summed E-state index contributed by atoms with van der Waals surface area (Å²) in [5.41, 5.74) is -0.449. The molecule has 2 heterocycles. The van der Waals surface area contributed by atoms with Gasteiger partial charge in [0.05, 0.1) is 0 Å². The van der Waals surface area contributed by atoms with Crippen LogP contribution in [0.2, 0.25) is 0 Å². The van der Waals surface area contributed by atoms with Crippen molar-refractivity contribution in [1.29, 1.82) is 0 Å². The van der Waals surface area contributed by atoms with E-state index >= 15 is 0 Å². The molecule has 1 aliphatic rings. The molecule has 88 valence electrons. The molecule has 0 radical (unpaired) electrons. The number of aryl methyl sites for hydroxylation is 1. The van der Waals surface area contributed by atoms with Gasteiger partial charge in [0.1, 0.15) is 0 Å². The van der Waals surface area contributed by atoms with Crippen molar-refractivity contribution in [2.75, 3.05) is 6.54 Å². The third kappa shape index (κ3) is 2.24. The fraction of sp³-hybridized carbons (Fsp3) is 0.636. The SMILES string of the molecule is Cn1ccc(=O)n(CC2CCCCN2)c1=O. The first-order valence-electron chi connectivity index (χ1n) is 5.68. The Morgan fingerprint density at radius 2 is 2.25 bits per heavy atom. The van der Waals surface area contributed by atoms with Crippen molar-refractivity contribution < 1.29 is 0 Å². The highest BCUT2D eigenvalue weighted by molar-refractivity contribution is 4.87. The predicted molar refractivity (Wildman–Crippen MR) is 61.6 cm³/mol. The van der Waals surface area contributed by atoms with E-state index < -0.39 is 0 Å². The Labute approximate surface area is 93.7 Å². The summed E-state index contributed by atoms with van der Waals surface area (Å²) in [6.45, 7) is 1.46. The van der Waals surface area contributed by atoms with Crippen molar-refractivity contribution in [2.24, 2.45) is 7.05 Å². The normalized spacial score (nSPS) is 20.9. The van der Waals surface area contributed by atoms with Crippen molar-refractivity contribution in [3.63, 3.8) is 0 Å². The van der Waals surface area contributed by atoms with Gasteiger partial charge in [-0.1, -0.05) is 6.42 Å². The van der Waals surface area contributed by atoms with Gasteiger partial charge in [0.15, 0.2) is 0 Å². The van der Waals surface area contributed by atoms with E-state index in [9.17, 15) is 9.59 Å². The van der Waals surface area contributed by atoms with Crippen LogP contribution in [0.4, 0.5) is 0 Å². The Hall–Kier alpha value is -1.36. The van der Waals surface area contributed by atoms with E-state index in [0.29, 0.717) is 6.54 Å². The number of hydrogen-bond acceptors (Lipinski definition) is 3. The molecule has 0 spiro atoms. The Bertz CT molecular complexity index is 469. The van der Waals surface area contributed by atoms with Crippen LogP contribution < -0.4 is 16.6 Å². The highest BCUT2D eigenvalue weighted by Crippen LogP contribution is 2.07. The molecule has 16 heavy (non-hydrogen) atoms. The van der Waals surface area contributed by atoms with Crippen molar-refractivity contribution >= 4 is 0 Å². The van der Waals surface area contributed by atoms with Gasteiger partial charge in [0, 0.05) is 31.9 Å². The van der Waals surface area contributed by atoms with Gasteiger partial charge in [-0.15, -0.1) is 0 Å². The molecular formula is C11H17N3O2. The van der Waals surface area contributed by atoms with Crippen LogP contribution in [0, 0.1) is 0 Å². The third-order valence-electron chi connectivity index (χ3n) is 3.05. The predicted octanol–water partition coefficient (Wildman–Crippen LogP) is -0.311. The Morgan fingerprint density at radius 3 is 2.94 bits per heavy atom. The fourth-order valence-corrected chi connectivity index (χ4v) is 2.08. The summed E-state index contributed by atoms with van der Waals surface area (Å²) in [5.74, 6) is 0. The van der Waals surface area contributed by atoms with Crippen LogP contribution in [-0.4, -0.2) is 21.7 Å². The van der Waals surface area contributed by atoms with E-state index in [0.717, 1.165) is 13.0 Å². The molecule has 0 bridgehead atoms. The van der Waals surface area contributed by atoms with E-state index in [1.54, 1.807) is 7.05 Å². The number of nitrogens with one attached hydrogen (secondary N) is 1. The maximum Gasteiger partial charge on any atom is 0.330 e. The number of hydrogen-bond donors (Lipinski definition) is 1. The van der Waals surface area contributed by atoms with Gasteiger partial charge in [0.2, 0.25) is 0 Å². The molecule has 0 aliphatic carbocycles. The molecular weight excluding hydrogens is 206 g/mol. The largest absolute Gasteiger partial charge is 0.330 e. The third-order valence-corrected chi connectivity index (χ3v) is 3.05. The van der Waals surface area contributed by atoms with Crippen LogP contribution in [0.15, 0.2) is 21.9 Å². The lowest BCUT2D eigenvalue weighted by Gasteiger charge is -2.23. The average molecular weight is 223 g/mol. The van der Waals surface area contributed by atoms with Gasteiger partial charge >= 0.3 is 5.69 Å². The molecule has 1 fully saturated rings. The zero-order chi connectivity index (χ0) is 11.5. The minimum absolute atomic E-state index is 0.213. The van der Waals surface area contributed by atoms with E-state index in [4.69, 9.17) is 0 Å². The van der Waals surface area contributed by atoms with Gasteiger partial charge in [-0.2, -0.15) is 0 Å². The lowest BCUT2D eigenvalue weighted by Crippen LogP contribution is -2.45. The molecule has 2 rings (SSSR count). The average Bonchev–Trinajstić information content (AvgIpc) is 2.31. The highest BCUT2D eigenvalue weighted by Gasteiger charge is 2.15. The second kappa shape index (κ2) is 4.65. The van der Waals surface area contributed by atoms with E-state index in [1.807, 2.05) is 0 Å². The smallest absolute Gasteiger partial charge is 0.312 e. The minimum Gasteiger partial charge on any atom is -0.312 e. The maximum absolute atomic E-state index is 11.8. The molecule has 0 saturated carbocycles. The number of aromatic nitrogens is 2. The van der Waals surface area contributed by atoms with E-state index in [1.165, 1.54) is 34.2 Å². The fourth-order valence-electron chi connectivity index (χ4n) is 2.08. The molecule has 1 N–H and O–H groups in total. The van der Waals surface area contributed by atoms with Crippen LogP contribution in [0.5, 0.6) is 0 Å². The van der Waals surface area contributed by atoms with Crippen molar-refractivity contribution in [2.45, 2.75) is 31.8 Å². The highest BCUT2D eigenvalue weighted by atomic mass is 16.2. The molecule has 0 amide bonds. The number of nitrogens with zero attached hydrogens (tertiary/aromatic N) is 2. The first-order valence-corrected chi connectivity index (χ1v) is 5.68. The summed E-state index contributed by atoms with van der Waals surface area (Å²) in [6, 6.07) is 1.69. The maximum atomic E-state index is 11.8. The molecule has 5 nitrogen and oxygen atoms in total. The first kappa shape index (κ1) is 11.1. The van der Waals surface area contributed by atoms with Crippen LogP contribution in [0.25, 0.3) is 0 Å². The zero-order valence-corrected chi connectivity index (χ0v) is 9.48. The topological polar surface area (TPSA) is 56.0 Å². The lowest BCUT2D eigenvalue weighted by molar-refractivity contribution is 0.352. The molecule has 1 aromatic rings. The van der Waals surface area contributed by atoms with E-state index in [2.05, 4.69) is 5.32 Å². The molecule has 1 aliphatic heterocycles. The minimum atomic E-state index is -0.236. The van der Waals surface area contributed by atoms with Crippen molar-refractivity contribution in [3.8, 4) is 0 Å². The van der Waals surface area contributed by atoms with E-state index in [-0.39, 0.29) is 17.3 Å². The van der Waals surface area contributed by atoms with Crippen molar-refractivity contribution in [3.05, 3.63) is 33.1 Å². The van der Waals surface area contributed by atoms with Crippen LogP contribution in [0.1, 0.15) is 19.3 Å². The summed E-state index contributed by atoms with van der Waals surface area (Å²) >= 11 is 0. The lowest BCUT2D eigenvalue weighted by atomic mass is 10.1. The Kier molecular flexibility index (Phi) is 3.24. The van der Waals surface area contributed by atoms with Gasteiger partial charge in [-0.3, -0.25) is 9.36 Å². The first-order chi connectivity index (χ1) is 7.68. The van der Waals surface area contributed by atoms with Crippen LogP contribution in [0.3, 0.4) is 0 Å². The monoisotopic (exact) mass is 223 g/mol. The summed E-state index contributed by atoms with van der Waals surface area (Å²) in [4.78, 5) is 23.3. The molecule has 0 aromatic carbocycles. The Balaban J connectivity index is 2.23. The Morgan fingerprint density at radius 1 is 1.44 bits per heavy atom. The molecule has 5 heteroatoms. The second-order valence-corrected chi connectivity index (χ2v) is 4.30. The van der Waals surface area contributed by atoms with Crippen molar-refractivity contribution in [1.82, 2.24) is 14.5 Å². The summed E-state index contributed by atoms with van der Waals surface area (Å²) < 4.78 is 2.74. The summed E-state index contributed by atoms with van der Waals surface area (Å²) in [6.07, 6.45) is 4.89. The summed E-state index contributed by atoms with van der Waals surface area (Å²) in [7, 11) is 1.66. The number of piperidine rings is 1. The number of rotatable bonds is 2. The van der Waals surface area contributed by atoms with Gasteiger partial charge in [0.25, 0.3) is 5.56 Å². The van der Waals surface area contributed by atoms with Gasteiger partial charge in [-0.25, -0.2) is 4.79 Å². The molecule has 1 saturated heterocycles. The standard InChI is InChI=1S/C11H17N3O2/c1-13-7-5-10(15)14(11(13)16)8-9-4-2-3-6-12-9/h5,7,9,12H,2-4,6,8H2,1H3. The van der Waals surface area contributed by atoms with Gasteiger partial charge < -0.3 is 9.88 Å². The van der Waals surface area contributed by atoms with Crippen LogP contribution >= 0.6 is 0 Å². The molecule has 1 atom stereocenters. The molecule has 1 aromatic heterocycles.